The Kier molecular flexibility index (Phi) is 6.94. The van der Waals surface area contributed by atoms with Crippen molar-refractivity contribution in [2.45, 2.75) is 26.3 Å². The van der Waals surface area contributed by atoms with Crippen LogP contribution in [-0.4, -0.2) is 24.4 Å². The Morgan fingerprint density at radius 2 is 1.94 bits per heavy atom. The van der Waals surface area contributed by atoms with Crippen molar-refractivity contribution in [1.29, 1.82) is 0 Å². The lowest BCUT2D eigenvalue weighted by Crippen LogP contribution is -2.21. The quantitative estimate of drug-likeness (QED) is 0.665. The van der Waals surface area contributed by atoms with Crippen molar-refractivity contribution in [2.24, 2.45) is 5.92 Å². The largest absolute Gasteiger partial charge is 0.302 e. The maximum atomic E-state index is 6.14. The summed E-state index contributed by atoms with van der Waals surface area (Å²) in [4.78, 5) is 2.31. The lowest BCUT2D eigenvalue weighted by Gasteiger charge is -2.19. The molecule has 0 fully saturated rings. The third kappa shape index (κ3) is 5.76. The Bertz CT molecular complexity index is 328. The molecule has 0 bridgehead atoms. The molecule has 3 heteroatoms. The molecule has 0 amide bonds. The third-order valence-corrected chi connectivity index (χ3v) is 3.59. The Labute approximate surface area is 115 Å². The van der Waals surface area contributed by atoms with E-state index in [0.717, 1.165) is 30.4 Å². The summed E-state index contributed by atoms with van der Waals surface area (Å²) in [6.07, 6.45) is 2.29. The molecule has 0 spiro atoms. The van der Waals surface area contributed by atoms with Crippen LogP contribution < -0.4 is 0 Å². The van der Waals surface area contributed by atoms with Crippen LogP contribution in [0.2, 0.25) is 5.02 Å². The van der Waals surface area contributed by atoms with Crippen molar-refractivity contribution in [3.8, 4) is 0 Å². The van der Waals surface area contributed by atoms with Crippen molar-refractivity contribution in [3.63, 3.8) is 0 Å². The number of hydrogen-bond acceptors (Lipinski definition) is 1. The Hall–Kier alpha value is -0.240. The van der Waals surface area contributed by atoms with Crippen molar-refractivity contribution >= 4 is 23.2 Å². The molecule has 1 unspecified atom stereocenters. The van der Waals surface area contributed by atoms with Gasteiger partial charge in [-0.05, 0) is 44.0 Å². The summed E-state index contributed by atoms with van der Waals surface area (Å²) in [5, 5.41) is 0.855. The molecule has 0 aliphatic carbocycles. The van der Waals surface area contributed by atoms with Crippen LogP contribution in [0.5, 0.6) is 0 Å². The maximum absolute atomic E-state index is 6.14. The average Bonchev–Trinajstić information content (AvgIpc) is 2.30. The molecule has 0 N–H and O–H groups in total. The van der Waals surface area contributed by atoms with Crippen LogP contribution in [0.25, 0.3) is 0 Å². The Balaban J connectivity index is 2.34. The molecule has 0 heterocycles. The van der Waals surface area contributed by atoms with E-state index in [1.807, 2.05) is 18.2 Å². The van der Waals surface area contributed by atoms with Gasteiger partial charge in [-0.3, -0.25) is 0 Å². The van der Waals surface area contributed by atoms with Gasteiger partial charge in [0, 0.05) is 17.4 Å². The zero-order valence-electron chi connectivity index (χ0n) is 10.6. The molecule has 0 aliphatic rings. The van der Waals surface area contributed by atoms with Gasteiger partial charge in [0.05, 0.1) is 0 Å². The normalized spacial score (nSPS) is 13.0. The van der Waals surface area contributed by atoms with E-state index in [1.54, 1.807) is 0 Å². The van der Waals surface area contributed by atoms with E-state index in [4.69, 9.17) is 23.2 Å². The molecule has 1 rings (SSSR count). The summed E-state index contributed by atoms with van der Waals surface area (Å²) in [5.74, 6) is 1.45. The van der Waals surface area contributed by atoms with Gasteiger partial charge in [0.2, 0.25) is 0 Å². The minimum absolute atomic E-state index is 0.696. The Morgan fingerprint density at radius 3 is 2.59 bits per heavy atom. The molecule has 96 valence electrons. The highest BCUT2D eigenvalue weighted by Crippen LogP contribution is 2.17. The number of nitrogens with zero attached hydrogens (tertiary/aromatic N) is 1. The summed E-state index contributed by atoms with van der Waals surface area (Å²) >= 11 is 11.9. The number of hydrogen-bond donors (Lipinski definition) is 0. The van der Waals surface area contributed by atoms with Gasteiger partial charge in [-0.1, -0.05) is 36.7 Å². The first-order valence-corrected chi connectivity index (χ1v) is 7.02. The number of halogens is 2. The molecular weight excluding hydrogens is 253 g/mol. The van der Waals surface area contributed by atoms with Gasteiger partial charge >= 0.3 is 0 Å². The SMILES string of the molecule is CC(CCCl)CCN(C)Cc1ccccc1Cl. The summed E-state index contributed by atoms with van der Waals surface area (Å²) in [5.41, 5.74) is 1.20. The summed E-state index contributed by atoms with van der Waals surface area (Å²) in [6.45, 7) is 4.25. The lowest BCUT2D eigenvalue weighted by atomic mass is 10.0. The van der Waals surface area contributed by atoms with Crippen LogP contribution in [0.15, 0.2) is 24.3 Å². The van der Waals surface area contributed by atoms with E-state index in [1.165, 1.54) is 12.0 Å². The highest BCUT2D eigenvalue weighted by atomic mass is 35.5. The average molecular weight is 274 g/mol. The van der Waals surface area contributed by atoms with Gasteiger partial charge in [-0.2, -0.15) is 0 Å². The van der Waals surface area contributed by atoms with Crippen LogP contribution in [0.1, 0.15) is 25.3 Å². The minimum atomic E-state index is 0.696. The number of benzene rings is 1. The molecule has 0 aliphatic heterocycles. The predicted molar refractivity (Wildman–Crippen MR) is 76.9 cm³/mol. The van der Waals surface area contributed by atoms with Gasteiger partial charge in [-0.15, -0.1) is 11.6 Å². The molecule has 0 saturated heterocycles. The predicted octanol–water partition coefficient (Wildman–Crippen LogP) is 4.43. The van der Waals surface area contributed by atoms with E-state index < -0.39 is 0 Å². The second kappa shape index (κ2) is 7.97. The van der Waals surface area contributed by atoms with Gasteiger partial charge in [0.15, 0.2) is 0 Å². The van der Waals surface area contributed by atoms with E-state index in [-0.39, 0.29) is 0 Å². The Morgan fingerprint density at radius 1 is 1.24 bits per heavy atom. The second-order valence-electron chi connectivity index (χ2n) is 4.70. The first-order valence-electron chi connectivity index (χ1n) is 6.11. The molecule has 1 atom stereocenters. The monoisotopic (exact) mass is 273 g/mol. The zero-order valence-corrected chi connectivity index (χ0v) is 12.1. The molecule has 17 heavy (non-hydrogen) atoms. The first kappa shape index (κ1) is 14.8. The van der Waals surface area contributed by atoms with Gasteiger partial charge in [0.25, 0.3) is 0 Å². The summed E-state index contributed by atoms with van der Waals surface area (Å²) < 4.78 is 0. The highest BCUT2D eigenvalue weighted by Gasteiger charge is 2.06. The van der Waals surface area contributed by atoms with Gasteiger partial charge in [-0.25, -0.2) is 0 Å². The third-order valence-electron chi connectivity index (χ3n) is 3.00. The molecular formula is C14H21Cl2N. The van der Waals surface area contributed by atoms with Crippen LogP contribution in [-0.2, 0) is 6.54 Å². The maximum Gasteiger partial charge on any atom is 0.0451 e. The molecule has 1 nitrogen and oxygen atoms in total. The fourth-order valence-electron chi connectivity index (χ4n) is 1.77. The summed E-state index contributed by atoms with van der Waals surface area (Å²) in [6, 6.07) is 8.03. The first-order chi connectivity index (χ1) is 8.13. The van der Waals surface area contributed by atoms with Crippen LogP contribution in [0, 0.1) is 5.92 Å². The number of rotatable bonds is 7. The lowest BCUT2D eigenvalue weighted by molar-refractivity contribution is 0.296. The smallest absolute Gasteiger partial charge is 0.0451 e. The second-order valence-corrected chi connectivity index (χ2v) is 5.49. The summed E-state index contributed by atoms with van der Waals surface area (Å²) in [7, 11) is 2.14. The molecule has 1 aromatic rings. The molecule has 0 aromatic heterocycles. The van der Waals surface area contributed by atoms with Crippen LogP contribution >= 0.6 is 23.2 Å². The minimum Gasteiger partial charge on any atom is -0.302 e. The topological polar surface area (TPSA) is 3.24 Å². The van der Waals surface area contributed by atoms with E-state index in [0.29, 0.717) is 5.92 Å². The van der Waals surface area contributed by atoms with Crippen molar-refractivity contribution in [3.05, 3.63) is 34.9 Å². The standard InChI is InChI=1S/C14H21Cl2N/c1-12(7-9-15)8-10-17(2)11-13-5-3-4-6-14(13)16/h3-6,12H,7-11H2,1-2H3. The van der Waals surface area contributed by atoms with Crippen LogP contribution in [0.4, 0.5) is 0 Å². The molecule has 0 radical (unpaired) electrons. The van der Waals surface area contributed by atoms with E-state index in [9.17, 15) is 0 Å². The number of alkyl halides is 1. The highest BCUT2D eigenvalue weighted by molar-refractivity contribution is 6.31. The fraction of sp³-hybridized carbons (Fsp3) is 0.571. The van der Waals surface area contributed by atoms with Gasteiger partial charge < -0.3 is 4.90 Å². The zero-order chi connectivity index (χ0) is 12.7. The molecule has 1 aromatic carbocycles. The molecule has 0 saturated carbocycles. The van der Waals surface area contributed by atoms with Gasteiger partial charge in [0.1, 0.15) is 0 Å². The van der Waals surface area contributed by atoms with Crippen molar-refractivity contribution < 1.29 is 0 Å². The van der Waals surface area contributed by atoms with Crippen molar-refractivity contribution in [2.75, 3.05) is 19.5 Å². The fourth-order valence-corrected chi connectivity index (χ4v) is 2.34. The van der Waals surface area contributed by atoms with E-state index >= 15 is 0 Å². The van der Waals surface area contributed by atoms with E-state index in [2.05, 4.69) is 24.9 Å². The van der Waals surface area contributed by atoms with Crippen molar-refractivity contribution in [1.82, 2.24) is 4.90 Å². The van der Waals surface area contributed by atoms with Crippen LogP contribution in [0.3, 0.4) is 0 Å².